The topological polar surface area (TPSA) is 69.7 Å². The molecule has 5 nitrogen and oxygen atoms in total. The molecular weight excluding hydrogens is 332 g/mol. The fraction of sp³-hybridized carbons (Fsp3) is 0.476. The van der Waals surface area contributed by atoms with Crippen molar-refractivity contribution in [2.45, 2.75) is 13.3 Å². The first kappa shape index (κ1) is 17.0. The molecule has 2 saturated carbocycles. The molecule has 0 aliphatic heterocycles. The highest BCUT2D eigenvalue weighted by Gasteiger charge is 2.63. The summed E-state index contributed by atoms with van der Waals surface area (Å²) in [5.41, 5.74) is 0.509. The van der Waals surface area contributed by atoms with Crippen molar-refractivity contribution in [2.24, 2.45) is 35.5 Å². The number of rotatable bonds is 6. The molecule has 136 valence electrons. The number of esters is 2. The number of benzene rings is 1. The highest BCUT2D eigenvalue weighted by Crippen LogP contribution is 2.63. The van der Waals surface area contributed by atoms with E-state index >= 15 is 0 Å². The molecule has 6 atom stereocenters. The van der Waals surface area contributed by atoms with E-state index in [0.717, 1.165) is 6.42 Å². The van der Waals surface area contributed by atoms with Crippen LogP contribution in [0.4, 0.5) is 0 Å². The third-order valence-electron chi connectivity index (χ3n) is 5.92. The van der Waals surface area contributed by atoms with Crippen LogP contribution in [-0.4, -0.2) is 30.9 Å². The van der Waals surface area contributed by atoms with Crippen LogP contribution in [0.25, 0.3) is 0 Å². The molecule has 1 aromatic carbocycles. The second-order valence-corrected chi connectivity index (χ2v) is 7.30. The Morgan fingerprint density at radius 1 is 0.923 bits per heavy atom. The Hall–Kier alpha value is -2.43. The lowest BCUT2D eigenvalue weighted by molar-refractivity contribution is -0.167. The monoisotopic (exact) mass is 354 g/mol. The summed E-state index contributed by atoms with van der Waals surface area (Å²) in [5, 5.41) is 0. The van der Waals surface area contributed by atoms with Crippen molar-refractivity contribution in [1.29, 1.82) is 0 Å². The molecule has 1 aromatic rings. The number of hydrogen-bond acceptors (Lipinski definition) is 5. The summed E-state index contributed by atoms with van der Waals surface area (Å²) in [6.45, 7) is 1.75. The van der Waals surface area contributed by atoms with Crippen LogP contribution in [0, 0.1) is 35.5 Å². The number of Topliss-reactive ketones (excluding diaryl/α,β-unsaturated/α-hetero) is 1. The maximum absolute atomic E-state index is 12.8. The van der Waals surface area contributed by atoms with Gasteiger partial charge in [-0.2, -0.15) is 0 Å². The highest BCUT2D eigenvalue weighted by molar-refractivity contribution is 5.98. The molecule has 0 radical (unpaired) electrons. The number of ketones is 1. The number of ether oxygens (including phenoxy) is 2. The average Bonchev–Trinajstić information content (AvgIpc) is 3.48. The predicted molar refractivity (Wildman–Crippen MR) is 93.1 cm³/mol. The molecule has 0 N–H and O–H groups in total. The minimum Gasteiger partial charge on any atom is -0.466 e. The normalized spacial score (nSPS) is 33.3. The lowest BCUT2D eigenvalue weighted by Gasteiger charge is -2.41. The molecule has 0 spiro atoms. The van der Waals surface area contributed by atoms with Crippen LogP contribution in [0.15, 0.2) is 42.5 Å². The molecule has 0 unspecified atom stereocenters. The fourth-order valence-corrected chi connectivity index (χ4v) is 4.70. The zero-order valence-corrected chi connectivity index (χ0v) is 14.7. The van der Waals surface area contributed by atoms with E-state index in [-0.39, 0.29) is 30.2 Å². The van der Waals surface area contributed by atoms with E-state index in [2.05, 4.69) is 12.2 Å². The average molecular weight is 354 g/mol. The Morgan fingerprint density at radius 2 is 1.50 bits per heavy atom. The lowest BCUT2D eigenvalue weighted by atomic mass is 9.62. The minimum atomic E-state index is -0.545. The van der Waals surface area contributed by atoms with Crippen LogP contribution in [0.2, 0.25) is 0 Å². The van der Waals surface area contributed by atoms with Gasteiger partial charge in [-0.3, -0.25) is 14.4 Å². The van der Waals surface area contributed by atoms with Crippen LogP contribution in [0.5, 0.6) is 0 Å². The van der Waals surface area contributed by atoms with Crippen molar-refractivity contribution in [1.82, 2.24) is 0 Å². The molecule has 4 aliphatic carbocycles. The Labute approximate surface area is 152 Å². The summed E-state index contributed by atoms with van der Waals surface area (Å²) < 4.78 is 10.6. The highest BCUT2D eigenvalue weighted by atomic mass is 16.5. The molecule has 0 aromatic heterocycles. The summed E-state index contributed by atoms with van der Waals surface area (Å²) in [6, 6.07) is 8.74. The number of carbonyl (C=O) groups is 3. The van der Waals surface area contributed by atoms with Gasteiger partial charge in [-0.15, -0.1) is 0 Å². The Kier molecular flexibility index (Phi) is 4.39. The standard InChI is InChI=1S/C21H22O5/c1-2-25-20(23)18-13-8-9-14(16-10-15(13)16)19(18)21(24)26-11-17(22)12-6-4-3-5-7-12/h3-9,13-16,18-19H,2,10-11H2,1H3/t13-,14+,15-,16+,18+,19+/m1/s1. The summed E-state index contributed by atoms with van der Waals surface area (Å²) in [6.07, 6.45) is 5.17. The van der Waals surface area contributed by atoms with Crippen molar-refractivity contribution >= 4 is 17.7 Å². The SMILES string of the molecule is CCOC(=O)[C@H]1[C@@H]2C=C[C@@H]([C@@H]3C[C@H]23)[C@@H]1C(=O)OCC(=O)c1ccccc1. The molecule has 5 heteroatoms. The molecule has 0 saturated heterocycles. The molecule has 26 heavy (non-hydrogen) atoms. The second-order valence-electron chi connectivity index (χ2n) is 7.30. The van der Waals surface area contributed by atoms with E-state index in [1.165, 1.54) is 0 Å². The molecular formula is C21H22O5. The summed E-state index contributed by atoms with van der Waals surface area (Å²) >= 11 is 0. The number of carbonyl (C=O) groups excluding carboxylic acids is 3. The largest absolute Gasteiger partial charge is 0.466 e. The van der Waals surface area contributed by atoms with Gasteiger partial charge in [0.15, 0.2) is 12.4 Å². The predicted octanol–water partition coefficient (Wildman–Crippen LogP) is 2.66. The first-order valence-corrected chi connectivity index (χ1v) is 9.21. The van der Waals surface area contributed by atoms with E-state index in [9.17, 15) is 14.4 Å². The van der Waals surface area contributed by atoms with E-state index in [1.807, 2.05) is 6.07 Å². The van der Waals surface area contributed by atoms with Crippen molar-refractivity contribution in [2.75, 3.05) is 13.2 Å². The minimum absolute atomic E-state index is 0.0127. The Bertz CT molecular complexity index is 753. The first-order chi connectivity index (χ1) is 12.6. The number of hydrogen-bond donors (Lipinski definition) is 0. The third-order valence-corrected chi connectivity index (χ3v) is 5.92. The van der Waals surface area contributed by atoms with Gasteiger partial charge in [0, 0.05) is 5.56 Å². The Balaban J connectivity index is 1.47. The summed E-state index contributed by atoms with van der Waals surface area (Å²) in [5.74, 6) is -1.07. The van der Waals surface area contributed by atoms with Crippen LogP contribution in [-0.2, 0) is 19.1 Å². The quantitative estimate of drug-likeness (QED) is 0.446. The fourth-order valence-electron chi connectivity index (χ4n) is 4.70. The molecule has 2 bridgehead atoms. The maximum Gasteiger partial charge on any atom is 0.310 e. The zero-order valence-electron chi connectivity index (χ0n) is 14.7. The lowest BCUT2D eigenvalue weighted by Crippen LogP contribution is -2.48. The Morgan fingerprint density at radius 3 is 2.08 bits per heavy atom. The molecule has 0 amide bonds. The van der Waals surface area contributed by atoms with Gasteiger partial charge >= 0.3 is 11.9 Å². The summed E-state index contributed by atoms with van der Waals surface area (Å²) in [7, 11) is 0. The smallest absolute Gasteiger partial charge is 0.310 e. The molecule has 0 heterocycles. The van der Waals surface area contributed by atoms with Gasteiger partial charge in [0.1, 0.15) is 0 Å². The third kappa shape index (κ3) is 2.85. The zero-order chi connectivity index (χ0) is 18.3. The van der Waals surface area contributed by atoms with Gasteiger partial charge in [-0.05, 0) is 37.0 Å². The van der Waals surface area contributed by atoms with Crippen molar-refractivity contribution in [3.63, 3.8) is 0 Å². The van der Waals surface area contributed by atoms with Crippen LogP contribution < -0.4 is 0 Å². The molecule has 4 aliphatic rings. The number of allylic oxidation sites excluding steroid dienone is 2. The van der Waals surface area contributed by atoms with E-state index in [4.69, 9.17) is 9.47 Å². The van der Waals surface area contributed by atoms with Crippen molar-refractivity contribution < 1.29 is 23.9 Å². The van der Waals surface area contributed by atoms with Gasteiger partial charge in [0.05, 0.1) is 18.4 Å². The van der Waals surface area contributed by atoms with E-state index < -0.39 is 17.8 Å². The van der Waals surface area contributed by atoms with Crippen LogP contribution in [0.1, 0.15) is 23.7 Å². The van der Waals surface area contributed by atoms with Crippen molar-refractivity contribution in [3.05, 3.63) is 48.0 Å². The van der Waals surface area contributed by atoms with E-state index in [1.54, 1.807) is 31.2 Å². The first-order valence-electron chi connectivity index (χ1n) is 9.21. The van der Waals surface area contributed by atoms with Gasteiger partial charge in [-0.25, -0.2) is 0 Å². The van der Waals surface area contributed by atoms with Crippen LogP contribution >= 0.6 is 0 Å². The van der Waals surface area contributed by atoms with Crippen molar-refractivity contribution in [3.8, 4) is 0 Å². The molecule has 2 fully saturated rings. The summed E-state index contributed by atoms with van der Waals surface area (Å²) in [4.78, 5) is 37.5. The van der Waals surface area contributed by atoms with Gasteiger partial charge in [-0.1, -0.05) is 42.5 Å². The maximum atomic E-state index is 12.8. The molecule has 5 rings (SSSR count). The van der Waals surface area contributed by atoms with Crippen LogP contribution in [0.3, 0.4) is 0 Å². The van der Waals surface area contributed by atoms with Gasteiger partial charge in [0.2, 0.25) is 0 Å². The van der Waals surface area contributed by atoms with Gasteiger partial charge < -0.3 is 9.47 Å². The second kappa shape index (κ2) is 6.71. The van der Waals surface area contributed by atoms with E-state index in [0.29, 0.717) is 24.0 Å². The van der Waals surface area contributed by atoms with Gasteiger partial charge in [0.25, 0.3) is 0 Å². The number of fused-ring (bicyclic) bond motifs is 1.